The number of amides is 2. The van der Waals surface area contributed by atoms with E-state index in [9.17, 15) is 14.4 Å². The molecule has 2 amide bonds. The smallest absolute Gasteiger partial charge is 0.326 e. The molecule has 2 rings (SSSR count). The number of imide groups is 1. The number of carbonyl (C=O) groups excluding carboxylic acids is 3. The average molecular weight is 394 g/mol. The van der Waals surface area contributed by atoms with E-state index in [1.54, 1.807) is 34.0 Å². The first-order chi connectivity index (χ1) is 12.5. The minimum atomic E-state index is -0.672. The molecule has 1 saturated heterocycles. The summed E-state index contributed by atoms with van der Waals surface area (Å²) in [4.78, 5) is 37.9. The highest BCUT2D eigenvalue weighted by Crippen LogP contribution is 2.33. The van der Waals surface area contributed by atoms with Gasteiger partial charge < -0.3 is 14.0 Å². The molecule has 0 saturated carbocycles. The van der Waals surface area contributed by atoms with Gasteiger partial charge in [-0.2, -0.15) is 0 Å². The summed E-state index contributed by atoms with van der Waals surface area (Å²) in [6.45, 7) is 10.1. The van der Waals surface area contributed by atoms with Crippen LogP contribution in [0.4, 0.5) is 4.79 Å². The van der Waals surface area contributed by atoms with E-state index in [1.807, 2.05) is 19.9 Å². The van der Waals surface area contributed by atoms with Crippen LogP contribution in [-0.2, 0) is 25.6 Å². The molecular formula is C19H26N2O5S. The zero-order valence-electron chi connectivity index (χ0n) is 16.6. The van der Waals surface area contributed by atoms with Crippen molar-refractivity contribution in [3.63, 3.8) is 0 Å². The Morgan fingerprint density at radius 1 is 1.26 bits per heavy atom. The number of nitrogens with zero attached hydrogens (tertiary/aromatic N) is 2. The maximum atomic E-state index is 12.6. The lowest BCUT2D eigenvalue weighted by Crippen LogP contribution is -2.37. The molecule has 148 valence electrons. The predicted molar refractivity (Wildman–Crippen MR) is 104 cm³/mol. The number of ether oxygens (including phenoxy) is 2. The predicted octanol–water partition coefficient (Wildman–Crippen LogP) is 3.13. The van der Waals surface area contributed by atoms with E-state index in [4.69, 9.17) is 9.47 Å². The third-order valence-corrected chi connectivity index (χ3v) is 4.91. The summed E-state index contributed by atoms with van der Waals surface area (Å²) in [5.41, 5.74) is 2.23. The maximum absolute atomic E-state index is 12.6. The van der Waals surface area contributed by atoms with E-state index in [0.29, 0.717) is 18.1 Å². The van der Waals surface area contributed by atoms with Crippen molar-refractivity contribution in [1.29, 1.82) is 0 Å². The van der Waals surface area contributed by atoms with E-state index in [0.717, 1.165) is 33.6 Å². The normalized spacial score (nSPS) is 16.5. The van der Waals surface area contributed by atoms with Crippen molar-refractivity contribution in [3.8, 4) is 0 Å². The molecule has 1 aliphatic rings. The van der Waals surface area contributed by atoms with Crippen LogP contribution >= 0.6 is 11.8 Å². The molecule has 0 aliphatic carbocycles. The number of rotatable bonds is 6. The topological polar surface area (TPSA) is 77.8 Å². The van der Waals surface area contributed by atoms with Crippen LogP contribution in [0.2, 0.25) is 0 Å². The van der Waals surface area contributed by atoms with Gasteiger partial charge in [0, 0.05) is 25.0 Å². The fourth-order valence-corrected chi connectivity index (χ4v) is 3.61. The summed E-state index contributed by atoms with van der Waals surface area (Å²) in [6.07, 6.45) is 1.70. The van der Waals surface area contributed by atoms with Gasteiger partial charge in [0.25, 0.3) is 11.1 Å². The van der Waals surface area contributed by atoms with Crippen LogP contribution in [0.25, 0.3) is 6.08 Å². The third kappa shape index (κ3) is 5.23. The molecule has 1 aromatic rings. The van der Waals surface area contributed by atoms with E-state index in [-0.39, 0.29) is 6.54 Å². The molecule has 7 nitrogen and oxygen atoms in total. The van der Waals surface area contributed by atoms with Crippen LogP contribution < -0.4 is 0 Å². The Labute approximate surface area is 163 Å². The Kier molecular flexibility index (Phi) is 6.54. The van der Waals surface area contributed by atoms with Crippen molar-refractivity contribution >= 4 is 35.0 Å². The van der Waals surface area contributed by atoms with Gasteiger partial charge in [0.1, 0.15) is 12.1 Å². The Morgan fingerprint density at radius 2 is 1.93 bits per heavy atom. The SMILES string of the molecule is COCCn1c(C)cc(C=C2SC(=O)N(CC(=O)OC(C)(C)C)C2=O)c1C. The minimum Gasteiger partial charge on any atom is -0.459 e. The first kappa shape index (κ1) is 21.2. The lowest BCUT2D eigenvalue weighted by molar-refractivity contribution is -0.156. The van der Waals surface area contributed by atoms with Crippen LogP contribution in [0.3, 0.4) is 0 Å². The van der Waals surface area contributed by atoms with Crippen molar-refractivity contribution in [2.45, 2.75) is 46.8 Å². The van der Waals surface area contributed by atoms with Crippen LogP contribution in [0, 0.1) is 13.8 Å². The lowest BCUT2D eigenvalue weighted by atomic mass is 10.2. The second kappa shape index (κ2) is 8.31. The van der Waals surface area contributed by atoms with Crippen LogP contribution in [0.5, 0.6) is 0 Å². The fraction of sp³-hybridized carbons (Fsp3) is 0.526. The second-order valence-electron chi connectivity index (χ2n) is 7.33. The van der Waals surface area contributed by atoms with E-state index in [1.165, 1.54) is 0 Å². The van der Waals surface area contributed by atoms with Gasteiger partial charge in [0.15, 0.2) is 0 Å². The number of hydrogen-bond acceptors (Lipinski definition) is 6. The molecule has 2 heterocycles. The van der Waals surface area contributed by atoms with Crippen molar-refractivity contribution in [1.82, 2.24) is 9.47 Å². The minimum absolute atomic E-state index is 0.301. The molecule has 1 fully saturated rings. The highest BCUT2D eigenvalue weighted by Gasteiger charge is 2.37. The summed E-state index contributed by atoms with van der Waals surface area (Å²) in [5.74, 6) is -1.08. The number of carbonyl (C=O) groups is 3. The van der Waals surface area contributed by atoms with Gasteiger partial charge in [-0.25, -0.2) is 0 Å². The van der Waals surface area contributed by atoms with Gasteiger partial charge in [0.2, 0.25) is 0 Å². The molecule has 0 atom stereocenters. The highest BCUT2D eigenvalue weighted by molar-refractivity contribution is 8.18. The number of methoxy groups -OCH3 is 1. The number of aromatic nitrogens is 1. The van der Waals surface area contributed by atoms with Gasteiger partial charge >= 0.3 is 5.97 Å². The zero-order valence-corrected chi connectivity index (χ0v) is 17.4. The van der Waals surface area contributed by atoms with Gasteiger partial charge in [-0.15, -0.1) is 0 Å². The van der Waals surface area contributed by atoms with Gasteiger partial charge in [0.05, 0.1) is 11.5 Å². The van der Waals surface area contributed by atoms with Crippen molar-refractivity contribution < 1.29 is 23.9 Å². The molecule has 0 N–H and O–H groups in total. The quantitative estimate of drug-likeness (QED) is 0.545. The fourth-order valence-electron chi connectivity index (χ4n) is 2.78. The standard InChI is InChI=1S/C19H26N2O5S/c1-12-9-14(13(2)20(12)7-8-25-6)10-15-17(23)21(18(24)27-15)11-16(22)26-19(3,4)5/h9-10H,7-8,11H2,1-6H3. The molecule has 0 radical (unpaired) electrons. The number of hydrogen-bond donors (Lipinski definition) is 0. The number of aryl methyl sites for hydroxylation is 1. The Hall–Kier alpha value is -2.06. The van der Waals surface area contributed by atoms with Crippen molar-refractivity contribution in [3.05, 3.63) is 27.9 Å². The largest absolute Gasteiger partial charge is 0.459 e. The van der Waals surface area contributed by atoms with Gasteiger partial charge in [-0.05, 0) is 64.1 Å². The van der Waals surface area contributed by atoms with Crippen molar-refractivity contribution in [2.75, 3.05) is 20.3 Å². The summed E-state index contributed by atoms with van der Waals surface area (Å²) >= 11 is 0.835. The monoisotopic (exact) mass is 394 g/mol. The molecule has 1 aromatic heterocycles. The van der Waals surface area contributed by atoms with Crippen LogP contribution in [0.1, 0.15) is 37.7 Å². The Morgan fingerprint density at radius 3 is 2.52 bits per heavy atom. The summed E-state index contributed by atoms with van der Waals surface area (Å²) in [6, 6.07) is 1.97. The zero-order chi connectivity index (χ0) is 20.4. The molecule has 1 aliphatic heterocycles. The van der Waals surface area contributed by atoms with Gasteiger partial charge in [-0.3, -0.25) is 19.3 Å². The van der Waals surface area contributed by atoms with Crippen LogP contribution in [-0.4, -0.2) is 52.4 Å². The molecular weight excluding hydrogens is 368 g/mol. The lowest BCUT2D eigenvalue weighted by Gasteiger charge is -2.21. The molecule has 0 spiro atoms. The first-order valence-electron chi connectivity index (χ1n) is 8.66. The van der Waals surface area contributed by atoms with E-state index >= 15 is 0 Å². The molecule has 8 heteroatoms. The third-order valence-electron chi connectivity index (χ3n) is 4.00. The Balaban J connectivity index is 2.18. The first-order valence-corrected chi connectivity index (χ1v) is 9.48. The summed E-state index contributed by atoms with van der Waals surface area (Å²) < 4.78 is 12.4. The van der Waals surface area contributed by atoms with Gasteiger partial charge in [-0.1, -0.05) is 0 Å². The molecule has 0 aromatic carbocycles. The van der Waals surface area contributed by atoms with E-state index in [2.05, 4.69) is 4.57 Å². The second-order valence-corrected chi connectivity index (χ2v) is 8.32. The molecule has 0 unspecified atom stereocenters. The molecule has 27 heavy (non-hydrogen) atoms. The van der Waals surface area contributed by atoms with Crippen molar-refractivity contribution in [2.24, 2.45) is 0 Å². The summed E-state index contributed by atoms with van der Waals surface area (Å²) in [5, 5.41) is -0.467. The maximum Gasteiger partial charge on any atom is 0.326 e. The molecule has 0 bridgehead atoms. The number of esters is 1. The average Bonchev–Trinajstić information content (AvgIpc) is 2.95. The number of thioether (sulfide) groups is 1. The van der Waals surface area contributed by atoms with Crippen LogP contribution in [0.15, 0.2) is 11.0 Å². The van der Waals surface area contributed by atoms with E-state index < -0.39 is 22.7 Å². The Bertz CT molecular complexity index is 789. The summed E-state index contributed by atoms with van der Waals surface area (Å²) in [7, 11) is 1.65. The highest BCUT2D eigenvalue weighted by atomic mass is 32.2.